The van der Waals surface area contributed by atoms with Crippen LogP contribution >= 0.6 is 11.6 Å². The minimum absolute atomic E-state index is 0.00398. The summed E-state index contributed by atoms with van der Waals surface area (Å²) in [6, 6.07) is 2.33. The van der Waals surface area contributed by atoms with Crippen LogP contribution in [0.2, 0.25) is 5.02 Å². The molecule has 2 rings (SSSR count). The molecule has 0 aliphatic heterocycles. The van der Waals surface area contributed by atoms with Gasteiger partial charge in [0.1, 0.15) is 0 Å². The van der Waals surface area contributed by atoms with Crippen LogP contribution in [-0.2, 0) is 0 Å². The highest BCUT2D eigenvalue weighted by Crippen LogP contribution is 2.36. The Bertz CT molecular complexity index is 442. The molecule has 0 aromatic heterocycles. The summed E-state index contributed by atoms with van der Waals surface area (Å²) in [4.78, 5) is 0. The zero-order valence-electron chi connectivity index (χ0n) is 11.9. The maximum Gasteiger partial charge on any atom is 0.160 e. The smallest absolute Gasteiger partial charge is 0.160 e. The lowest BCUT2D eigenvalue weighted by atomic mass is 9.83. The minimum Gasteiger partial charge on any atom is -0.313 e. The molecule has 0 amide bonds. The summed E-state index contributed by atoms with van der Waals surface area (Å²) < 4.78 is 26.7. The molecule has 1 aliphatic carbocycles. The summed E-state index contributed by atoms with van der Waals surface area (Å²) in [7, 11) is 1.86. The second-order valence-corrected chi connectivity index (χ2v) is 6.07. The molecule has 20 heavy (non-hydrogen) atoms. The van der Waals surface area contributed by atoms with Crippen LogP contribution < -0.4 is 5.32 Å². The van der Waals surface area contributed by atoms with Gasteiger partial charge in [0.25, 0.3) is 0 Å². The van der Waals surface area contributed by atoms with E-state index in [4.69, 9.17) is 11.6 Å². The quantitative estimate of drug-likeness (QED) is 0.753. The lowest BCUT2D eigenvalue weighted by Crippen LogP contribution is -2.26. The van der Waals surface area contributed by atoms with Crippen LogP contribution in [0.15, 0.2) is 12.1 Å². The predicted molar refractivity (Wildman–Crippen MR) is 79.0 cm³/mol. The molecule has 1 aliphatic rings. The first kappa shape index (κ1) is 15.7. The SMILES string of the molecule is CNC(c1cc(F)c(F)cc1Cl)C1CCCCCCC1. The van der Waals surface area contributed by atoms with E-state index < -0.39 is 11.6 Å². The first-order valence-corrected chi connectivity index (χ1v) is 7.83. The molecule has 4 heteroatoms. The minimum atomic E-state index is -0.883. The zero-order valence-corrected chi connectivity index (χ0v) is 12.6. The molecule has 1 aromatic carbocycles. The Labute approximate surface area is 124 Å². The zero-order chi connectivity index (χ0) is 14.5. The Kier molecular flexibility index (Phi) is 5.79. The number of benzene rings is 1. The lowest BCUT2D eigenvalue weighted by molar-refractivity contribution is 0.298. The van der Waals surface area contributed by atoms with Gasteiger partial charge in [-0.1, -0.05) is 43.7 Å². The molecule has 1 N–H and O–H groups in total. The maximum absolute atomic E-state index is 13.5. The fourth-order valence-electron chi connectivity index (χ4n) is 3.24. The van der Waals surface area contributed by atoms with E-state index in [1.54, 1.807) is 0 Å². The van der Waals surface area contributed by atoms with Gasteiger partial charge in [0, 0.05) is 11.1 Å². The van der Waals surface area contributed by atoms with Gasteiger partial charge >= 0.3 is 0 Å². The summed E-state index contributed by atoms with van der Waals surface area (Å²) in [6.07, 6.45) is 8.45. The fourth-order valence-corrected chi connectivity index (χ4v) is 3.51. The van der Waals surface area contributed by atoms with E-state index in [9.17, 15) is 8.78 Å². The highest BCUT2D eigenvalue weighted by atomic mass is 35.5. The summed E-state index contributed by atoms with van der Waals surface area (Å²) in [5.74, 6) is -1.27. The molecule has 1 saturated carbocycles. The Hall–Kier alpha value is -0.670. The molecule has 1 nitrogen and oxygen atoms in total. The van der Waals surface area contributed by atoms with Crippen molar-refractivity contribution in [3.05, 3.63) is 34.4 Å². The highest BCUT2D eigenvalue weighted by molar-refractivity contribution is 6.31. The van der Waals surface area contributed by atoms with Crippen LogP contribution in [0.25, 0.3) is 0 Å². The van der Waals surface area contributed by atoms with Gasteiger partial charge in [-0.25, -0.2) is 8.78 Å². The number of hydrogen-bond acceptors (Lipinski definition) is 1. The molecule has 112 valence electrons. The van der Waals surface area contributed by atoms with Gasteiger partial charge < -0.3 is 5.32 Å². The van der Waals surface area contributed by atoms with Crippen molar-refractivity contribution < 1.29 is 8.78 Å². The molecule has 1 unspecified atom stereocenters. The van der Waals surface area contributed by atoms with Gasteiger partial charge in [0.2, 0.25) is 0 Å². The van der Waals surface area contributed by atoms with Crippen molar-refractivity contribution in [1.29, 1.82) is 0 Å². The third kappa shape index (κ3) is 3.70. The average Bonchev–Trinajstić information content (AvgIpc) is 2.38. The molecule has 1 aromatic rings. The van der Waals surface area contributed by atoms with Crippen molar-refractivity contribution in [2.75, 3.05) is 7.05 Å². The topological polar surface area (TPSA) is 12.0 Å². The summed E-state index contributed by atoms with van der Waals surface area (Å²) in [6.45, 7) is 0. The molecular weight excluding hydrogens is 280 g/mol. The van der Waals surface area contributed by atoms with E-state index in [2.05, 4.69) is 5.32 Å². The van der Waals surface area contributed by atoms with E-state index in [1.165, 1.54) is 38.2 Å². The highest BCUT2D eigenvalue weighted by Gasteiger charge is 2.25. The van der Waals surface area contributed by atoms with Crippen LogP contribution in [0.3, 0.4) is 0 Å². The lowest BCUT2D eigenvalue weighted by Gasteiger charge is -2.29. The van der Waals surface area contributed by atoms with Gasteiger partial charge in [-0.05, 0) is 43.5 Å². The Morgan fingerprint density at radius 1 is 1.05 bits per heavy atom. The first-order valence-electron chi connectivity index (χ1n) is 7.45. The Balaban J connectivity index is 2.24. The first-order chi connectivity index (χ1) is 9.63. The van der Waals surface area contributed by atoms with Crippen molar-refractivity contribution >= 4 is 11.6 Å². The third-order valence-electron chi connectivity index (χ3n) is 4.31. The van der Waals surface area contributed by atoms with Crippen molar-refractivity contribution in [3.8, 4) is 0 Å². The monoisotopic (exact) mass is 301 g/mol. The van der Waals surface area contributed by atoms with Crippen molar-refractivity contribution in [2.45, 2.75) is 51.0 Å². The van der Waals surface area contributed by atoms with E-state index in [0.29, 0.717) is 16.5 Å². The largest absolute Gasteiger partial charge is 0.313 e. The van der Waals surface area contributed by atoms with Crippen LogP contribution in [0.5, 0.6) is 0 Å². The van der Waals surface area contributed by atoms with E-state index in [-0.39, 0.29) is 6.04 Å². The second kappa shape index (κ2) is 7.37. The van der Waals surface area contributed by atoms with Crippen LogP contribution in [-0.4, -0.2) is 7.05 Å². The summed E-state index contributed by atoms with van der Waals surface area (Å²) >= 11 is 6.12. The van der Waals surface area contributed by atoms with Gasteiger partial charge in [-0.2, -0.15) is 0 Å². The number of rotatable bonds is 3. The third-order valence-corrected chi connectivity index (χ3v) is 4.63. The molecule has 0 radical (unpaired) electrons. The number of nitrogens with one attached hydrogen (secondary N) is 1. The normalized spacial score (nSPS) is 19.4. The standard InChI is InChI=1S/C16H22ClF2N/c1-20-16(11-7-5-3-2-4-6-8-11)12-9-14(18)15(19)10-13(12)17/h9-11,16,20H,2-8H2,1H3. The molecule has 1 atom stereocenters. The van der Waals surface area contributed by atoms with Crippen molar-refractivity contribution in [3.63, 3.8) is 0 Å². The molecule has 0 spiro atoms. The van der Waals surface area contributed by atoms with Crippen LogP contribution in [0.4, 0.5) is 8.78 Å². The average molecular weight is 302 g/mol. The van der Waals surface area contributed by atoms with E-state index in [1.807, 2.05) is 7.05 Å². The Morgan fingerprint density at radius 3 is 2.20 bits per heavy atom. The second-order valence-electron chi connectivity index (χ2n) is 5.66. The molecular formula is C16H22ClF2N. The Morgan fingerprint density at radius 2 is 1.60 bits per heavy atom. The molecule has 0 saturated heterocycles. The number of halogens is 3. The van der Waals surface area contributed by atoms with Crippen molar-refractivity contribution in [1.82, 2.24) is 5.32 Å². The number of hydrogen-bond donors (Lipinski definition) is 1. The van der Waals surface area contributed by atoms with Crippen LogP contribution in [0, 0.1) is 17.6 Å². The van der Waals surface area contributed by atoms with Gasteiger partial charge in [-0.15, -0.1) is 0 Å². The van der Waals surface area contributed by atoms with E-state index in [0.717, 1.165) is 18.9 Å². The summed E-state index contributed by atoms with van der Waals surface area (Å²) in [5, 5.41) is 3.56. The maximum atomic E-state index is 13.5. The predicted octanol–water partition coefficient (Wildman–Crippen LogP) is 5.24. The summed E-state index contributed by atoms with van der Waals surface area (Å²) in [5.41, 5.74) is 0.679. The van der Waals surface area contributed by atoms with Crippen LogP contribution in [0.1, 0.15) is 56.6 Å². The van der Waals surface area contributed by atoms with Gasteiger partial charge in [0.15, 0.2) is 11.6 Å². The molecule has 0 heterocycles. The van der Waals surface area contributed by atoms with Crippen molar-refractivity contribution in [2.24, 2.45) is 5.92 Å². The van der Waals surface area contributed by atoms with E-state index >= 15 is 0 Å². The van der Waals surface area contributed by atoms with Gasteiger partial charge in [0.05, 0.1) is 0 Å². The molecule has 0 bridgehead atoms. The fraction of sp³-hybridized carbons (Fsp3) is 0.625. The van der Waals surface area contributed by atoms with Gasteiger partial charge in [-0.3, -0.25) is 0 Å². The molecule has 1 fully saturated rings.